The molecule has 0 bridgehead atoms. The molecule has 0 aromatic rings. The molecule has 1 aliphatic carbocycles. The Hall–Kier alpha value is -0.975. The number of methoxy groups -OCH3 is 1. The third kappa shape index (κ3) is 2.53. The van der Waals surface area contributed by atoms with Crippen molar-refractivity contribution in [1.82, 2.24) is 0 Å². The van der Waals surface area contributed by atoms with Crippen LogP contribution in [-0.4, -0.2) is 30.8 Å². The molecule has 0 heterocycles. The molecular weight excluding hydrogens is 212 g/mol. The zero-order valence-electron chi connectivity index (χ0n) is 8.17. The summed E-state index contributed by atoms with van der Waals surface area (Å²) in [6.07, 6.45) is -0.0431. The topological polar surface area (TPSA) is 46.5 Å². The third-order valence-electron chi connectivity index (χ3n) is 2.51. The van der Waals surface area contributed by atoms with E-state index in [0.29, 0.717) is 0 Å². The van der Waals surface area contributed by atoms with Gasteiger partial charge >= 0.3 is 12.9 Å². The normalized spacial score (nSPS) is 27.1. The van der Waals surface area contributed by atoms with Gasteiger partial charge in [-0.15, -0.1) is 11.5 Å². The molecule has 0 saturated carbocycles. The number of halogens is 3. The SMILES string of the molecule is COC(=O)C1(O)CC=C([B-](F)(F)F)CC1. The van der Waals surface area contributed by atoms with E-state index in [-0.39, 0.29) is 19.3 Å². The minimum absolute atomic E-state index is 0.243. The standard InChI is InChI=1S/C8H11BF3O3/c1-15-7(13)8(14)4-2-6(3-5-8)9(10,11)12/h2,14H,3-5H2,1H3/q-1. The smallest absolute Gasteiger partial charge is 0.467 e. The fourth-order valence-corrected chi connectivity index (χ4v) is 1.53. The van der Waals surface area contributed by atoms with Crippen LogP contribution in [0.3, 0.4) is 0 Å². The van der Waals surface area contributed by atoms with Gasteiger partial charge in [0.1, 0.15) is 0 Å². The summed E-state index contributed by atoms with van der Waals surface area (Å²) in [6.45, 7) is -5.00. The highest BCUT2D eigenvalue weighted by atomic mass is 19.4. The van der Waals surface area contributed by atoms with Crippen LogP contribution in [0.25, 0.3) is 0 Å². The first-order valence-electron chi connectivity index (χ1n) is 4.49. The van der Waals surface area contributed by atoms with E-state index in [0.717, 1.165) is 13.2 Å². The molecule has 0 aromatic carbocycles. The van der Waals surface area contributed by atoms with E-state index in [4.69, 9.17) is 0 Å². The van der Waals surface area contributed by atoms with E-state index < -0.39 is 24.0 Å². The van der Waals surface area contributed by atoms with Crippen LogP contribution in [0.5, 0.6) is 0 Å². The van der Waals surface area contributed by atoms with Crippen molar-refractivity contribution in [2.45, 2.75) is 24.9 Å². The summed E-state index contributed by atoms with van der Waals surface area (Å²) in [7, 11) is 1.09. The fraction of sp³-hybridized carbons (Fsp3) is 0.625. The highest BCUT2D eigenvalue weighted by molar-refractivity contribution is 6.66. The maximum atomic E-state index is 12.3. The number of aliphatic hydroxyl groups is 1. The van der Waals surface area contributed by atoms with Crippen molar-refractivity contribution < 1.29 is 27.6 Å². The Kier molecular flexibility index (Phi) is 3.13. The number of hydrogen-bond acceptors (Lipinski definition) is 3. The molecule has 7 heteroatoms. The van der Waals surface area contributed by atoms with Gasteiger partial charge in [-0.25, -0.2) is 4.79 Å². The molecule has 86 valence electrons. The Labute approximate surface area is 85.0 Å². The molecule has 3 nitrogen and oxygen atoms in total. The number of esters is 1. The highest BCUT2D eigenvalue weighted by Gasteiger charge is 2.41. The lowest BCUT2D eigenvalue weighted by Crippen LogP contribution is -2.42. The van der Waals surface area contributed by atoms with E-state index in [2.05, 4.69) is 4.74 Å². The van der Waals surface area contributed by atoms with Gasteiger partial charge in [-0.2, -0.15) is 0 Å². The number of allylic oxidation sites excluding steroid dienone is 1. The first-order chi connectivity index (χ1) is 6.79. The van der Waals surface area contributed by atoms with Crippen LogP contribution in [0.2, 0.25) is 0 Å². The lowest BCUT2D eigenvalue weighted by atomic mass is 9.70. The molecule has 0 fully saturated rings. The zero-order chi connectivity index (χ0) is 11.7. The van der Waals surface area contributed by atoms with E-state index in [1.807, 2.05) is 0 Å². The second-order valence-corrected chi connectivity index (χ2v) is 3.58. The van der Waals surface area contributed by atoms with Gasteiger partial charge in [0, 0.05) is 6.42 Å². The van der Waals surface area contributed by atoms with E-state index in [1.54, 1.807) is 0 Å². The lowest BCUT2D eigenvalue weighted by Gasteiger charge is -2.32. The molecule has 1 aliphatic rings. The monoisotopic (exact) mass is 223 g/mol. The van der Waals surface area contributed by atoms with Crippen LogP contribution in [0.1, 0.15) is 19.3 Å². The second kappa shape index (κ2) is 3.88. The molecule has 0 aliphatic heterocycles. The summed E-state index contributed by atoms with van der Waals surface area (Å²) in [5.74, 6) is -0.882. The first kappa shape index (κ1) is 12.1. The lowest BCUT2D eigenvalue weighted by molar-refractivity contribution is -0.163. The van der Waals surface area contributed by atoms with E-state index in [9.17, 15) is 22.8 Å². The van der Waals surface area contributed by atoms with Gasteiger partial charge in [-0.3, -0.25) is 0 Å². The number of ether oxygens (including phenoxy) is 1. The van der Waals surface area contributed by atoms with Crippen molar-refractivity contribution in [2.24, 2.45) is 0 Å². The van der Waals surface area contributed by atoms with Crippen LogP contribution in [0.4, 0.5) is 12.9 Å². The summed E-state index contributed by atoms with van der Waals surface area (Å²) < 4.78 is 41.1. The van der Waals surface area contributed by atoms with Crippen molar-refractivity contribution in [3.63, 3.8) is 0 Å². The summed E-state index contributed by atoms with van der Waals surface area (Å²) in [5.41, 5.74) is -2.43. The largest absolute Gasteiger partial charge is 0.505 e. The van der Waals surface area contributed by atoms with Gasteiger partial charge in [-0.1, -0.05) is 6.42 Å². The second-order valence-electron chi connectivity index (χ2n) is 3.58. The minimum atomic E-state index is -5.00. The number of carbonyl (C=O) groups excluding carboxylic acids is 1. The zero-order valence-corrected chi connectivity index (χ0v) is 8.17. The fourth-order valence-electron chi connectivity index (χ4n) is 1.53. The summed E-state index contributed by atoms with van der Waals surface area (Å²) in [5, 5.41) is 9.64. The first-order valence-corrected chi connectivity index (χ1v) is 4.49. The number of carbonyl (C=O) groups is 1. The summed E-state index contributed by atoms with van der Waals surface area (Å²) >= 11 is 0. The maximum absolute atomic E-state index is 12.3. The van der Waals surface area contributed by atoms with Crippen LogP contribution < -0.4 is 0 Å². The number of hydrogen-bond donors (Lipinski definition) is 1. The van der Waals surface area contributed by atoms with Crippen LogP contribution in [-0.2, 0) is 9.53 Å². The predicted molar refractivity (Wildman–Crippen MR) is 48.0 cm³/mol. The van der Waals surface area contributed by atoms with Crippen molar-refractivity contribution in [2.75, 3.05) is 7.11 Å². The molecule has 0 radical (unpaired) electrons. The Morgan fingerprint density at radius 2 is 2.20 bits per heavy atom. The number of rotatable bonds is 2. The van der Waals surface area contributed by atoms with Crippen molar-refractivity contribution >= 4 is 12.9 Å². The maximum Gasteiger partial charge on any atom is 0.505 e. The van der Waals surface area contributed by atoms with Gasteiger partial charge in [0.2, 0.25) is 0 Å². The van der Waals surface area contributed by atoms with Crippen molar-refractivity contribution in [3.05, 3.63) is 11.5 Å². The quantitative estimate of drug-likeness (QED) is 0.568. The molecule has 0 aromatic heterocycles. The van der Waals surface area contributed by atoms with Crippen molar-refractivity contribution in [1.29, 1.82) is 0 Å². The molecule has 0 spiro atoms. The predicted octanol–water partition coefficient (Wildman–Crippen LogP) is 1.39. The van der Waals surface area contributed by atoms with Crippen LogP contribution >= 0.6 is 0 Å². The van der Waals surface area contributed by atoms with Crippen LogP contribution in [0.15, 0.2) is 11.5 Å². The third-order valence-corrected chi connectivity index (χ3v) is 2.51. The van der Waals surface area contributed by atoms with Gasteiger partial charge in [0.05, 0.1) is 7.11 Å². The van der Waals surface area contributed by atoms with Crippen LogP contribution in [0, 0.1) is 0 Å². The minimum Gasteiger partial charge on any atom is -0.467 e. The van der Waals surface area contributed by atoms with Gasteiger partial charge < -0.3 is 22.8 Å². The Bertz CT molecular complexity index is 300. The van der Waals surface area contributed by atoms with Gasteiger partial charge in [0.25, 0.3) is 0 Å². The average Bonchev–Trinajstić information content (AvgIpc) is 2.15. The molecular formula is C8H11BF3O3-. The van der Waals surface area contributed by atoms with E-state index in [1.165, 1.54) is 0 Å². The molecule has 1 N–H and O–H groups in total. The Morgan fingerprint density at radius 3 is 2.53 bits per heavy atom. The Balaban J connectivity index is 2.77. The Morgan fingerprint density at radius 1 is 1.60 bits per heavy atom. The molecule has 1 rings (SSSR count). The van der Waals surface area contributed by atoms with Crippen molar-refractivity contribution in [3.8, 4) is 0 Å². The summed E-state index contributed by atoms with van der Waals surface area (Å²) in [4.78, 5) is 11.1. The molecule has 0 amide bonds. The average molecular weight is 223 g/mol. The molecule has 0 saturated heterocycles. The van der Waals surface area contributed by atoms with Gasteiger partial charge in [0.15, 0.2) is 5.60 Å². The molecule has 15 heavy (non-hydrogen) atoms. The molecule has 1 unspecified atom stereocenters. The van der Waals surface area contributed by atoms with Gasteiger partial charge in [-0.05, 0) is 6.42 Å². The summed E-state index contributed by atoms with van der Waals surface area (Å²) in [6, 6.07) is 0. The molecule has 1 atom stereocenters. The van der Waals surface area contributed by atoms with E-state index >= 15 is 0 Å². The highest BCUT2D eigenvalue weighted by Crippen LogP contribution is 2.34.